The third-order valence-corrected chi connectivity index (χ3v) is 3.89. The Labute approximate surface area is 170 Å². The second kappa shape index (κ2) is 9.13. The Hall–Kier alpha value is -3.81. The Morgan fingerprint density at radius 1 is 0.767 bits per heavy atom. The molecular weight excluding hydrogens is 399 g/mol. The molecular formula is C22H16F3NO4. The zero-order valence-electron chi connectivity index (χ0n) is 15.5. The Kier molecular flexibility index (Phi) is 6.36. The zero-order chi connectivity index (χ0) is 21.6. The smallest absolute Gasteiger partial charge is 0.484 e. The normalized spacial score (nSPS) is 10.9. The molecule has 0 spiro atoms. The molecule has 0 unspecified atom stereocenters. The predicted molar refractivity (Wildman–Crippen MR) is 104 cm³/mol. The molecule has 8 heteroatoms. The van der Waals surface area contributed by atoms with Crippen molar-refractivity contribution in [3.8, 4) is 11.5 Å². The molecule has 3 rings (SSSR count). The quantitative estimate of drug-likeness (QED) is 0.561. The number of anilines is 1. The standard InChI is InChI=1S/C22H16F3NO4/c23-22(24,25)30-19-12-8-17(9-13-19)26-20(27)14-29-18-10-6-16(7-11-18)21(28)15-4-2-1-3-5-15/h1-13H,14H2,(H,26,27). The van der Waals surface area contributed by atoms with Gasteiger partial charge in [0.1, 0.15) is 11.5 Å². The maximum atomic E-state index is 12.4. The maximum absolute atomic E-state index is 12.4. The van der Waals surface area contributed by atoms with Crippen molar-refractivity contribution < 1.29 is 32.2 Å². The summed E-state index contributed by atoms with van der Waals surface area (Å²) in [6, 6.07) is 19.9. The van der Waals surface area contributed by atoms with Gasteiger partial charge in [-0.3, -0.25) is 9.59 Å². The number of ether oxygens (including phenoxy) is 2. The number of alkyl halides is 3. The number of carbonyl (C=O) groups is 2. The fourth-order valence-corrected chi connectivity index (χ4v) is 2.54. The van der Waals surface area contributed by atoms with E-state index in [-0.39, 0.29) is 18.1 Å². The monoisotopic (exact) mass is 415 g/mol. The Morgan fingerprint density at radius 2 is 1.33 bits per heavy atom. The number of benzene rings is 3. The second-order valence-electron chi connectivity index (χ2n) is 6.13. The summed E-state index contributed by atoms with van der Waals surface area (Å²) in [5, 5.41) is 2.50. The SMILES string of the molecule is O=C(COc1ccc(C(=O)c2ccccc2)cc1)Nc1ccc(OC(F)(F)F)cc1. The van der Waals surface area contributed by atoms with E-state index in [1.54, 1.807) is 48.5 Å². The third kappa shape index (κ3) is 6.10. The zero-order valence-corrected chi connectivity index (χ0v) is 15.5. The Bertz CT molecular complexity index is 1000. The number of halogens is 3. The van der Waals surface area contributed by atoms with Crippen molar-refractivity contribution in [3.05, 3.63) is 90.0 Å². The molecule has 0 saturated carbocycles. The Morgan fingerprint density at radius 3 is 1.93 bits per heavy atom. The van der Waals surface area contributed by atoms with Gasteiger partial charge in [0.15, 0.2) is 12.4 Å². The molecule has 0 atom stereocenters. The minimum Gasteiger partial charge on any atom is -0.484 e. The lowest BCUT2D eigenvalue weighted by Crippen LogP contribution is -2.20. The van der Waals surface area contributed by atoms with Gasteiger partial charge in [-0.15, -0.1) is 13.2 Å². The highest BCUT2D eigenvalue weighted by atomic mass is 19.4. The molecule has 30 heavy (non-hydrogen) atoms. The fraction of sp³-hybridized carbons (Fsp3) is 0.0909. The summed E-state index contributed by atoms with van der Waals surface area (Å²) < 4.78 is 45.6. The molecule has 154 valence electrons. The summed E-state index contributed by atoms with van der Waals surface area (Å²) in [6.45, 7) is -0.313. The van der Waals surface area contributed by atoms with E-state index >= 15 is 0 Å². The molecule has 0 aliphatic carbocycles. The number of carbonyl (C=O) groups excluding carboxylic acids is 2. The molecule has 5 nitrogen and oxygen atoms in total. The molecule has 0 aromatic heterocycles. The predicted octanol–water partition coefficient (Wildman–Crippen LogP) is 4.83. The van der Waals surface area contributed by atoms with Crippen molar-refractivity contribution in [1.29, 1.82) is 0 Å². The summed E-state index contributed by atoms with van der Waals surface area (Å²) in [5.74, 6) is -0.618. The lowest BCUT2D eigenvalue weighted by atomic mass is 10.0. The number of hydrogen-bond donors (Lipinski definition) is 1. The van der Waals surface area contributed by atoms with Gasteiger partial charge >= 0.3 is 6.36 Å². The van der Waals surface area contributed by atoms with Crippen LogP contribution < -0.4 is 14.8 Å². The van der Waals surface area contributed by atoms with E-state index in [1.807, 2.05) is 6.07 Å². The highest BCUT2D eigenvalue weighted by Gasteiger charge is 2.30. The number of hydrogen-bond acceptors (Lipinski definition) is 4. The fourth-order valence-electron chi connectivity index (χ4n) is 2.54. The van der Waals surface area contributed by atoms with Gasteiger partial charge in [-0.05, 0) is 48.5 Å². The van der Waals surface area contributed by atoms with Gasteiger partial charge in [0, 0.05) is 16.8 Å². The summed E-state index contributed by atoms with van der Waals surface area (Å²) in [6.07, 6.45) is -4.78. The van der Waals surface area contributed by atoms with E-state index in [4.69, 9.17) is 4.74 Å². The minimum atomic E-state index is -4.78. The van der Waals surface area contributed by atoms with E-state index in [9.17, 15) is 22.8 Å². The van der Waals surface area contributed by atoms with Crippen LogP contribution in [0.2, 0.25) is 0 Å². The topological polar surface area (TPSA) is 64.6 Å². The van der Waals surface area contributed by atoms with Crippen LogP contribution in [0.5, 0.6) is 11.5 Å². The van der Waals surface area contributed by atoms with Crippen molar-refractivity contribution in [1.82, 2.24) is 0 Å². The van der Waals surface area contributed by atoms with E-state index in [1.165, 1.54) is 12.1 Å². The molecule has 0 bridgehead atoms. The van der Waals surface area contributed by atoms with Crippen molar-refractivity contribution in [2.75, 3.05) is 11.9 Å². The third-order valence-electron chi connectivity index (χ3n) is 3.89. The van der Waals surface area contributed by atoms with Crippen molar-refractivity contribution >= 4 is 17.4 Å². The number of amides is 1. The van der Waals surface area contributed by atoms with E-state index in [2.05, 4.69) is 10.1 Å². The molecule has 1 amide bonds. The molecule has 0 fully saturated rings. The molecule has 0 aliphatic rings. The van der Waals surface area contributed by atoms with Crippen LogP contribution in [0.25, 0.3) is 0 Å². The number of nitrogens with one attached hydrogen (secondary N) is 1. The second-order valence-corrected chi connectivity index (χ2v) is 6.13. The first-order chi connectivity index (χ1) is 14.3. The van der Waals surface area contributed by atoms with Gasteiger partial charge < -0.3 is 14.8 Å². The van der Waals surface area contributed by atoms with Gasteiger partial charge in [-0.1, -0.05) is 30.3 Å². The van der Waals surface area contributed by atoms with Gasteiger partial charge in [0.2, 0.25) is 0 Å². The summed E-state index contributed by atoms with van der Waals surface area (Å²) in [4.78, 5) is 24.3. The van der Waals surface area contributed by atoms with Gasteiger partial charge in [0.25, 0.3) is 5.91 Å². The Balaban J connectivity index is 1.50. The summed E-state index contributed by atoms with van der Waals surface area (Å²) in [7, 11) is 0. The molecule has 0 radical (unpaired) electrons. The van der Waals surface area contributed by atoms with Crippen molar-refractivity contribution in [3.63, 3.8) is 0 Å². The number of rotatable bonds is 7. The van der Waals surface area contributed by atoms with Crippen LogP contribution in [0.1, 0.15) is 15.9 Å². The molecule has 1 N–H and O–H groups in total. The average Bonchev–Trinajstić information content (AvgIpc) is 2.73. The lowest BCUT2D eigenvalue weighted by Gasteiger charge is -2.10. The van der Waals surface area contributed by atoms with E-state index in [0.29, 0.717) is 22.6 Å². The maximum Gasteiger partial charge on any atom is 0.573 e. The molecule has 0 heterocycles. The van der Waals surface area contributed by atoms with Gasteiger partial charge in [-0.2, -0.15) is 0 Å². The van der Waals surface area contributed by atoms with Crippen molar-refractivity contribution in [2.45, 2.75) is 6.36 Å². The molecule has 3 aromatic rings. The summed E-state index contributed by atoms with van der Waals surface area (Å²) >= 11 is 0. The van der Waals surface area contributed by atoms with Crippen LogP contribution in [-0.4, -0.2) is 24.7 Å². The highest BCUT2D eigenvalue weighted by Crippen LogP contribution is 2.24. The highest BCUT2D eigenvalue weighted by molar-refractivity contribution is 6.09. The van der Waals surface area contributed by atoms with Gasteiger partial charge in [0.05, 0.1) is 0 Å². The van der Waals surface area contributed by atoms with Crippen LogP contribution in [0.3, 0.4) is 0 Å². The van der Waals surface area contributed by atoms with Crippen LogP contribution in [0.15, 0.2) is 78.9 Å². The first-order valence-electron chi connectivity index (χ1n) is 8.78. The first-order valence-corrected chi connectivity index (χ1v) is 8.78. The molecule has 0 aliphatic heterocycles. The van der Waals surface area contributed by atoms with Crippen LogP contribution in [0, 0.1) is 0 Å². The first kappa shape index (κ1) is 20.9. The lowest BCUT2D eigenvalue weighted by molar-refractivity contribution is -0.274. The minimum absolute atomic E-state index is 0.127. The van der Waals surface area contributed by atoms with Gasteiger partial charge in [-0.25, -0.2) is 0 Å². The summed E-state index contributed by atoms with van der Waals surface area (Å²) in [5.41, 5.74) is 1.35. The van der Waals surface area contributed by atoms with Crippen LogP contribution >= 0.6 is 0 Å². The van der Waals surface area contributed by atoms with Crippen LogP contribution in [0.4, 0.5) is 18.9 Å². The van der Waals surface area contributed by atoms with Crippen LogP contribution in [-0.2, 0) is 4.79 Å². The van der Waals surface area contributed by atoms with Crippen molar-refractivity contribution in [2.24, 2.45) is 0 Å². The number of ketones is 1. The van der Waals surface area contributed by atoms with E-state index < -0.39 is 12.3 Å². The molecule has 3 aromatic carbocycles. The molecule has 0 saturated heterocycles. The van der Waals surface area contributed by atoms with E-state index in [0.717, 1.165) is 12.1 Å². The average molecular weight is 415 g/mol. The largest absolute Gasteiger partial charge is 0.573 e.